The van der Waals surface area contributed by atoms with Crippen LogP contribution in [0.15, 0.2) is 24.3 Å². The maximum atomic E-state index is 12.4. The molecule has 1 rings (SSSR count). The SMILES string of the molecule is [O]CCCCc1ccc(F)cc1. The molecule has 1 nitrogen and oxygen atoms in total. The monoisotopic (exact) mass is 167 g/mol. The fourth-order valence-corrected chi connectivity index (χ4v) is 1.08. The summed E-state index contributed by atoms with van der Waals surface area (Å²) in [6, 6.07) is 6.43. The molecule has 0 saturated heterocycles. The van der Waals surface area contributed by atoms with Crippen LogP contribution in [0.4, 0.5) is 4.39 Å². The summed E-state index contributed by atoms with van der Waals surface area (Å²) in [5, 5.41) is 10.1. The fraction of sp³-hybridized carbons (Fsp3) is 0.400. The lowest BCUT2D eigenvalue weighted by Gasteiger charge is -1.98. The van der Waals surface area contributed by atoms with Gasteiger partial charge in [0.25, 0.3) is 0 Å². The van der Waals surface area contributed by atoms with E-state index in [2.05, 4.69) is 0 Å². The second-order valence-corrected chi connectivity index (χ2v) is 2.79. The summed E-state index contributed by atoms with van der Waals surface area (Å²) in [5.41, 5.74) is 1.10. The fourth-order valence-electron chi connectivity index (χ4n) is 1.08. The van der Waals surface area contributed by atoms with Crippen LogP contribution in [0.3, 0.4) is 0 Å². The van der Waals surface area contributed by atoms with Crippen LogP contribution < -0.4 is 0 Å². The van der Waals surface area contributed by atoms with Crippen LogP contribution in [0.1, 0.15) is 18.4 Å². The highest BCUT2D eigenvalue weighted by Crippen LogP contribution is 2.06. The first-order chi connectivity index (χ1) is 5.83. The van der Waals surface area contributed by atoms with Crippen molar-refractivity contribution in [3.8, 4) is 0 Å². The van der Waals surface area contributed by atoms with Gasteiger partial charge in [0.15, 0.2) is 0 Å². The first kappa shape index (κ1) is 9.20. The van der Waals surface area contributed by atoms with E-state index >= 15 is 0 Å². The van der Waals surface area contributed by atoms with E-state index in [0.717, 1.165) is 18.4 Å². The van der Waals surface area contributed by atoms with Gasteiger partial charge in [-0.2, -0.15) is 0 Å². The van der Waals surface area contributed by atoms with E-state index in [4.69, 9.17) is 0 Å². The average molecular weight is 167 g/mol. The molecule has 0 N–H and O–H groups in total. The Morgan fingerprint density at radius 2 is 1.75 bits per heavy atom. The van der Waals surface area contributed by atoms with E-state index < -0.39 is 0 Å². The minimum absolute atomic E-state index is 0.0127. The molecule has 0 saturated carbocycles. The second kappa shape index (κ2) is 4.88. The van der Waals surface area contributed by atoms with Crippen molar-refractivity contribution in [1.82, 2.24) is 0 Å². The number of benzene rings is 1. The molecule has 0 bridgehead atoms. The van der Waals surface area contributed by atoms with E-state index in [1.54, 1.807) is 12.1 Å². The predicted octanol–water partition coefficient (Wildman–Crippen LogP) is 2.58. The molecule has 0 atom stereocenters. The number of rotatable bonds is 4. The predicted molar refractivity (Wildman–Crippen MR) is 44.9 cm³/mol. The molecule has 1 aromatic carbocycles. The van der Waals surface area contributed by atoms with Crippen LogP contribution in [0.5, 0.6) is 0 Å². The molecule has 0 aromatic heterocycles. The number of unbranched alkanes of at least 4 members (excludes halogenated alkanes) is 1. The van der Waals surface area contributed by atoms with Gasteiger partial charge >= 0.3 is 0 Å². The molecule has 12 heavy (non-hydrogen) atoms. The van der Waals surface area contributed by atoms with Gasteiger partial charge in [-0.3, -0.25) is 0 Å². The van der Waals surface area contributed by atoms with Crippen LogP contribution in [0.2, 0.25) is 0 Å². The Kier molecular flexibility index (Phi) is 3.74. The molecule has 0 spiro atoms. The van der Waals surface area contributed by atoms with Crippen molar-refractivity contribution in [3.05, 3.63) is 35.6 Å². The van der Waals surface area contributed by atoms with Gasteiger partial charge in [0, 0.05) is 0 Å². The van der Waals surface area contributed by atoms with E-state index in [0.29, 0.717) is 6.42 Å². The Bertz CT molecular complexity index is 218. The van der Waals surface area contributed by atoms with Gasteiger partial charge in [0.05, 0.1) is 6.61 Å². The highest BCUT2D eigenvalue weighted by atomic mass is 19.1. The van der Waals surface area contributed by atoms with Crippen molar-refractivity contribution < 1.29 is 9.50 Å². The number of halogens is 1. The number of aryl methyl sites for hydroxylation is 1. The van der Waals surface area contributed by atoms with Gasteiger partial charge in [-0.15, -0.1) is 0 Å². The van der Waals surface area contributed by atoms with Gasteiger partial charge in [0.2, 0.25) is 0 Å². The van der Waals surface area contributed by atoms with Gasteiger partial charge in [-0.25, -0.2) is 9.50 Å². The maximum Gasteiger partial charge on any atom is 0.123 e. The zero-order valence-electron chi connectivity index (χ0n) is 6.92. The molecule has 0 fully saturated rings. The van der Waals surface area contributed by atoms with Gasteiger partial charge in [0.1, 0.15) is 5.82 Å². The third-order valence-corrected chi connectivity index (χ3v) is 1.77. The molecule has 0 heterocycles. The number of hydrogen-bond donors (Lipinski definition) is 0. The summed E-state index contributed by atoms with van der Waals surface area (Å²) >= 11 is 0. The van der Waals surface area contributed by atoms with E-state index in [1.807, 2.05) is 0 Å². The number of hydrogen-bond acceptors (Lipinski definition) is 0. The molecule has 0 amide bonds. The van der Waals surface area contributed by atoms with E-state index in [9.17, 15) is 9.50 Å². The zero-order valence-corrected chi connectivity index (χ0v) is 6.92. The highest BCUT2D eigenvalue weighted by molar-refractivity contribution is 5.15. The van der Waals surface area contributed by atoms with Gasteiger partial charge in [-0.1, -0.05) is 12.1 Å². The molecule has 0 aliphatic heterocycles. The molecular weight excluding hydrogens is 155 g/mol. The summed E-state index contributed by atoms with van der Waals surface area (Å²) < 4.78 is 12.4. The normalized spacial score (nSPS) is 10.2. The van der Waals surface area contributed by atoms with Gasteiger partial charge < -0.3 is 0 Å². The van der Waals surface area contributed by atoms with E-state index in [1.165, 1.54) is 12.1 Å². The smallest absolute Gasteiger partial charge is 0.123 e. The van der Waals surface area contributed by atoms with Crippen molar-refractivity contribution in [2.45, 2.75) is 19.3 Å². The summed E-state index contributed by atoms with van der Waals surface area (Å²) in [4.78, 5) is 0. The van der Waals surface area contributed by atoms with Crippen molar-refractivity contribution >= 4 is 0 Å². The lowest BCUT2D eigenvalue weighted by Crippen LogP contribution is -1.87. The Morgan fingerprint density at radius 1 is 1.08 bits per heavy atom. The van der Waals surface area contributed by atoms with Crippen LogP contribution in [0, 0.1) is 5.82 Å². The molecule has 0 aliphatic rings. The molecule has 0 aliphatic carbocycles. The second-order valence-electron chi connectivity index (χ2n) is 2.79. The van der Waals surface area contributed by atoms with Crippen LogP contribution in [-0.2, 0) is 11.5 Å². The van der Waals surface area contributed by atoms with Crippen LogP contribution in [0.25, 0.3) is 0 Å². The minimum atomic E-state index is -0.206. The van der Waals surface area contributed by atoms with Crippen molar-refractivity contribution in [2.75, 3.05) is 6.61 Å². The standard InChI is InChI=1S/C10H12FO/c11-10-6-4-9(5-7-10)3-1-2-8-12/h4-7H,1-3,8H2. The summed E-state index contributed by atoms with van der Waals surface area (Å²) in [6.45, 7) is -0.0127. The average Bonchev–Trinajstić information content (AvgIpc) is 2.09. The summed E-state index contributed by atoms with van der Waals surface area (Å²) in [6.07, 6.45) is 2.48. The van der Waals surface area contributed by atoms with Crippen molar-refractivity contribution in [2.24, 2.45) is 0 Å². The molecule has 1 aromatic rings. The van der Waals surface area contributed by atoms with Crippen LogP contribution in [-0.4, -0.2) is 6.61 Å². The molecule has 0 unspecified atom stereocenters. The quantitative estimate of drug-likeness (QED) is 0.614. The summed E-state index contributed by atoms with van der Waals surface area (Å²) in [5.74, 6) is -0.206. The molecule has 2 heteroatoms. The van der Waals surface area contributed by atoms with Crippen molar-refractivity contribution in [1.29, 1.82) is 0 Å². The third-order valence-electron chi connectivity index (χ3n) is 1.77. The molecule has 65 valence electrons. The van der Waals surface area contributed by atoms with Gasteiger partial charge in [-0.05, 0) is 37.0 Å². The maximum absolute atomic E-state index is 12.4. The first-order valence-electron chi connectivity index (χ1n) is 4.15. The Hall–Kier alpha value is -0.890. The Balaban J connectivity index is 2.37. The van der Waals surface area contributed by atoms with Crippen LogP contribution >= 0.6 is 0 Å². The third kappa shape index (κ3) is 3.01. The topological polar surface area (TPSA) is 19.9 Å². The largest absolute Gasteiger partial charge is 0.237 e. The molecule has 1 radical (unpaired) electrons. The first-order valence-corrected chi connectivity index (χ1v) is 4.15. The molecular formula is C10H12FO. The lowest BCUT2D eigenvalue weighted by atomic mass is 10.1. The lowest BCUT2D eigenvalue weighted by molar-refractivity contribution is 0.187. The zero-order chi connectivity index (χ0) is 8.81. The highest BCUT2D eigenvalue weighted by Gasteiger charge is 1.93. The van der Waals surface area contributed by atoms with E-state index in [-0.39, 0.29) is 12.4 Å². The Labute approximate surface area is 71.9 Å². The minimum Gasteiger partial charge on any atom is -0.237 e. The van der Waals surface area contributed by atoms with Crippen molar-refractivity contribution in [3.63, 3.8) is 0 Å². The Morgan fingerprint density at radius 3 is 2.33 bits per heavy atom. The summed E-state index contributed by atoms with van der Waals surface area (Å²) in [7, 11) is 0.